The molecule has 1 fully saturated rings. The quantitative estimate of drug-likeness (QED) is 0.348. The Kier molecular flexibility index (Phi) is 7.09. The Balaban J connectivity index is 1.33. The minimum Gasteiger partial charge on any atom is -0.345 e. The SMILES string of the molecule is CN(C)C(=O)c1ccc(Cc2ncnc3c2c(F)cn3C2CCN(c3noc(CC(C)(C)C)n3)CC2)c(F)c1. The van der Waals surface area contributed by atoms with Gasteiger partial charge in [0.05, 0.1) is 11.1 Å². The largest absolute Gasteiger partial charge is 0.345 e. The molecule has 5 rings (SSSR count). The minimum atomic E-state index is -0.534. The Labute approximate surface area is 225 Å². The van der Waals surface area contributed by atoms with Crippen LogP contribution < -0.4 is 4.90 Å². The Hall–Kier alpha value is -3.89. The maximum absolute atomic E-state index is 15.3. The number of hydrogen-bond donors (Lipinski definition) is 0. The van der Waals surface area contributed by atoms with Crippen LogP contribution in [0, 0.1) is 17.0 Å². The van der Waals surface area contributed by atoms with Gasteiger partial charge in [0.15, 0.2) is 5.82 Å². The molecule has 4 aromatic rings. The van der Waals surface area contributed by atoms with E-state index in [0.29, 0.717) is 48.3 Å². The fraction of sp³-hybridized carbons (Fsp3) is 0.464. The van der Waals surface area contributed by atoms with E-state index in [0.717, 1.165) is 12.8 Å². The molecule has 1 aliphatic rings. The second kappa shape index (κ2) is 10.3. The van der Waals surface area contributed by atoms with E-state index in [1.54, 1.807) is 26.2 Å². The molecule has 0 radical (unpaired) electrons. The highest BCUT2D eigenvalue weighted by molar-refractivity contribution is 5.94. The van der Waals surface area contributed by atoms with Crippen molar-refractivity contribution >= 4 is 22.9 Å². The van der Waals surface area contributed by atoms with Crippen molar-refractivity contribution in [3.8, 4) is 0 Å². The number of carbonyl (C=O) groups excluding carboxylic acids is 1. The molecule has 1 amide bonds. The molecular weight excluding hydrogens is 504 g/mol. The molecule has 1 aromatic carbocycles. The van der Waals surface area contributed by atoms with Gasteiger partial charge >= 0.3 is 0 Å². The zero-order valence-electron chi connectivity index (χ0n) is 22.9. The van der Waals surface area contributed by atoms with Crippen molar-refractivity contribution < 1.29 is 18.1 Å². The Bertz CT molecular complexity index is 1500. The van der Waals surface area contributed by atoms with Crippen molar-refractivity contribution in [2.24, 2.45) is 5.41 Å². The summed E-state index contributed by atoms with van der Waals surface area (Å²) in [5.41, 5.74) is 1.53. The second-order valence-corrected chi connectivity index (χ2v) is 11.5. The Morgan fingerprint density at radius 3 is 2.54 bits per heavy atom. The Morgan fingerprint density at radius 1 is 1.13 bits per heavy atom. The summed E-state index contributed by atoms with van der Waals surface area (Å²) in [6, 6.07) is 4.37. The lowest BCUT2D eigenvalue weighted by atomic mass is 9.92. The van der Waals surface area contributed by atoms with Gasteiger partial charge in [-0.25, -0.2) is 18.7 Å². The first-order chi connectivity index (χ1) is 18.5. The zero-order valence-corrected chi connectivity index (χ0v) is 22.9. The second-order valence-electron chi connectivity index (χ2n) is 11.5. The van der Waals surface area contributed by atoms with Gasteiger partial charge in [0, 0.05) is 57.8 Å². The molecule has 0 saturated carbocycles. The molecule has 1 saturated heterocycles. The van der Waals surface area contributed by atoms with Crippen molar-refractivity contribution in [3.63, 3.8) is 0 Å². The number of hydrogen-bond acceptors (Lipinski definition) is 7. The highest BCUT2D eigenvalue weighted by atomic mass is 19.1. The van der Waals surface area contributed by atoms with E-state index >= 15 is 4.39 Å². The summed E-state index contributed by atoms with van der Waals surface area (Å²) < 4.78 is 37.5. The predicted molar refractivity (Wildman–Crippen MR) is 143 cm³/mol. The summed E-state index contributed by atoms with van der Waals surface area (Å²) in [5.74, 6) is -0.0516. The normalized spacial score (nSPS) is 14.8. The molecule has 1 aliphatic heterocycles. The van der Waals surface area contributed by atoms with Gasteiger partial charge in [-0.15, -0.1) is 0 Å². The lowest BCUT2D eigenvalue weighted by molar-refractivity contribution is 0.0827. The molecule has 0 bridgehead atoms. The van der Waals surface area contributed by atoms with Crippen molar-refractivity contribution in [2.45, 2.75) is 52.5 Å². The number of benzene rings is 1. The number of rotatable bonds is 6. The number of nitrogens with zero attached hydrogens (tertiary/aromatic N) is 7. The van der Waals surface area contributed by atoms with E-state index in [9.17, 15) is 9.18 Å². The summed E-state index contributed by atoms with van der Waals surface area (Å²) in [6.07, 6.45) is 5.14. The topological polar surface area (TPSA) is 93.2 Å². The molecule has 39 heavy (non-hydrogen) atoms. The van der Waals surface area contributed by atoms with Crippen LogP contribution in [0.5, 0.6) is 0 Å². The van der Waals surface area contributed by atoms with E-state index in [4.69, 9.17) is 4.52 Å². The van der Waals surface area contributed by atoms with E-state index < -0.39 is 11.6 Å². The summed E-state index contributed by atoms with van der Waals surface area (Å²) in [7, 11) is 3.22. The molecule has 206 valence electrons. The Morgan fingerprint density at radius 2 is 1.87 bits per heavy atom. The van der Waals surface area contributed by atoms with Gasteiger partial charge in [-0.05, 0) is 41.1 Å². The molecular formula is C28H33F2N7O2. The predicted octanol–water partition coefficient (Wildman–Crippen LogP) is 4.82. The van der Waals surface area contributed by atoms with Crippen LogP contribution in [0.3, 0.4) is 0 Å². The maximum Gasteiger partial charge on any atom is 0.266 e. The lowest BCUT2D eigenvalue weighted by Crippen LogP contribution is -2.35. The highest BCUT2D eigenvalue weighted by Crippen LogP contribution is 2.32. The van der Waals surface area contributed by atoms with Crippen LogP contribution in [-0.2, 0) is 12.8 Å². The fourth-order valence-electron chi connectivity index (χ4n) is 5.02. The average Bonchev–Trinajstić information content (AvgIpc) is 3.48. The number of carbonyl (C=O) groups is 1. The molecule has 4 heterocycles. The average molecular weight is 538 g/mol. The van der Waals surface area contributed by atoms with Crippen molar-refractivity contribution in [2.75, 3.05) is 32.1 Å². The van der Waals surface area contributed by atoms with Gasteiger partial charge in [0.1, 0.15) is 17.8 Å². The van der Waals surface area contributed by atoms with Crippen molar-refractivity contribution in [3.05, 3.63) is 65.1 Å². The third kappa shape index (κ3) is 5.62. The minimum absolute atomic E-state index is 0.0324. The molecule has 0 aliphatic carbocycles. The first-order valence-electron chi connectivity index (χ1n) is 13.1. The smallest absolute Gasteiger partial charge is 0.266 e. The lowest BCUT2D eigenvalue weighted by Gasteiger charge is -2.31. The van der Waals surface area contributed by atoms with Crippen LogP contribution in [0.1, 0.15) is 67.2 Å². The van der Waals surface area contributed by atoms with Gasteiger partial charge in [-0.1, -0.05) is 26.8 Å². The van der Waals surface area contributed by atoms with Crippen LogP contribution in [0.15, 0.2) is 35.2 Å². The van der Waals surface area contributed by atoms with E-state index in [-0.39, 0.29) is 34.7 Å². The van der Waals surface area contributed by atoms with Crippen LogP contribution in [0.4, 0.5) is 14.7 Å². The first kappa shape index (κ1) is 26.7. The number of aromatic nitrogens is 5. The number of amides is 1. The van der Waals surface area contributed by atoms with Gasteiger partial charge < -0.3 is 18.9 Å². The monoisotopic (exact) mass is 537 g/mol. The molecule has 11 heteroatoms. The van der Waals surface area contributed by atoms with Gasteiger partial charge in [-0.3, -0.25) is 4.79 Å². The number of piperidine rings is 1. The summed E-state index contributed by atoms with van der Waals surface area (Å²) >= 11 is 0. The van der Waals surface area contributed by atoms with Crippen LogP contribution in [-0.4, -0.2) is 62.7 Å². The van der Waals surface area contributed by atoms with Crippen molar-refractivity contribution in [1.82, 2.24) is 29.6 Å². The third-order valence-electron chi connectivity index (χ3n) is 6.99. The molecule has 3 aromatic heterocycles. The third-order valence-corrected chi connectivity index (χ3v) is 6.99. The van der Waals surface area contributed by atoms with Gasteiger partial charge in [0.2, 0.25) is 5.89 Å². The summed E-state index contributed by atoms with van der Waals surface area (Å²) in [4.78, 5) is 28.9. The summed E-state index contributed by atoms with van der Waals surface area (Å²) in [6.45, 7) is 7.76. The number of anilines is 1. The van der Waals surface area contributed by atoms with Gasteiger partial charge in [-0.2, -0.15) is 4.98 Å². The molecule has 0 spiro atoms. The van der Waals surface area contributed by atoms with Gasteiger partial charge in [0.25, 0.3) is 11.9 Å². The van der Waals surface area contributed by atoms with Crippen LogP contribution in [0.25, 0.3) is 11.0 Å². The zero-order chi connectivity index (χ0) is 27.9. The first-order valence-corrected chi connectivity index (χ1v) is 13.1. The van der Waals surface area contributed by atoms with Crippen molar-refractivity contribution in [1.29, 1.82) is 0 Å². The van der Waals surface area contributed by atoms with E-state index in [1.165, 1.54) is 23.5 Å². The number of fused-ring (bicyclic) bond motifs is 1. The standard InChI is InChI=1S/C28H33F2N7O2/c1-28(2,3)14-23-33-27(34-39-23)36-10-8-19(9-11-36)37-15-21(30)24-22(31-16-32-25(24)37)13-17-6-7-18(12-20(17)29)26(38)35(4)5/h6-7,12,15-16,19H,8-11,13-14H2,1-5H3. The molecule has 0 N–H and O–H groups in total. The molecule has 9 nitrogen and oxygen atoms in total. The van der Waals surface area contributed by atoms with E-state index in [1.807, 2.05) is 4.57 Å². The van der Waals surface area contributed by atoms with Crippen LogP contribution in [0.2, 0.25) is 0 Å². The molecule has 0 unspecified atom stereocenters. The highest BCUT2D eigenvalue weighted by Gasteiger charge is 2.27. The van der Waals surface area contributed by atoms with Crippen LogP contribution >= 0.6 is 0 Å². The maximum atomic E-state index is 15.3. The fourth-order valence-corrected chi connectivity index (χ4v) is 5.02. The number of halogens is 2. The molecule has 0 atom stereocenters. The summed E-state index contributed by atoms with van der Waals surface area (Å²) in [5, 5.41) is 4.45. The van der Waals surface area contributed by atoms with E-state index in [2.05, 4.69) is 45.8 Å².